The molecule has 0 aromatic carbocycles. The number of carbonyl (C=O) groups is 8. The molecule has 0 aromatic rings. The first-order valence-electron chi connectivity index (χ1n) is 13.1. The molecule has 0 saturated carbocycles. The molecule has 14 N–H and O–H groups in total. The van der Waals surface area contributed by atoms with Crippen molar-refractivity contribution in [2.45, 2.75) is 62.7 Å². The number of guanidine groups is 1. The lowest BCUT2D eigenvalue weighted by Gasteiger charge is -2.28. The lowest BCUT2D eigenvalue weighted by molar-refractivity contribution is -0.150. The van der Waals surface area contributed by atoms with Gasteiger partial charge < -0.3 is 59.3 Å². The Labute approximate surface area is 245 Å². The molecule has 20 nitrogen and oxygen atoms in total. The number of carboxylic acid groups (broad SMARTS) is 2. The smallest absolute Gasteiger partial charge is 0.326 e. The number of likely N-dealkylation sites (tertiary alicyclic amines) is 1. The van der Waals surface area contributed by atoms with Gasteiger partial charge >= 0.3 is 11.9 Å². The topological polar surface area (TPSA) is 345 Å². The monoisotopic (exact) mass is 614 g/mol. The SMILES string of the molecule is NCC(=O)N[C@@H](CCCN=C(N)N)C(=O)NCC(=O)NC(CC(=O)O)C(=O)NC(CC(N)=O)C(=O)N1CCCC1C(=O)O. The van der Waals surface area contributed by atoms with E-state index in [4.69, 9.17) is 22.9 Å². The van der Waals surface area contributed by atoms with Gasteiger partial charge in [-0.3, -0.25) is 38.6 Å². The third-order valence-electron chi connectivity index (χ3n) is 6.08. The van der Waals surface area contributed by atoms with Gasteiger partial charge in [-0.25, -0.2) is 4.79 Å². The molecule has 6 amide bonds. The van der Waals surface area contributed by atoms with Crippen LogP contribution in [-0.4, -0.2) is 119 Å². The number of rotatable bonds is 18. The Hall–Kier alpha value is -5.01. The van der Waals surface area contributed by atoms with Crippen LogP contribution in [0.15, 0.2) is 4.99 Å². The van der Waals surface area contributed by atoms with Crippen LogP contribution in [0.1, 0.15) is 38.5 Å². The molecule has 1 rings (SSSR count). The first-order valence-corrected chi connectivity index (χ1v) is 13.1. The van der Waals surface area contributed by atoms with Crippen molar-refractivity contribution >= 4 is 53.3 Å². The van der Waals surface area contributed by atoms with Crippen LogP contribution in [0, 0.1) is 0 Å². The Morgan fingerprint density at radius 1 is 0.860 bits per heavy atom. The molecular formula is C23H38N10O10. The molecule has 3 unspecified atom stereocenters. The third-order valence-corrected chi connectivity index (χ3v) is 6.08. The van der Waals surface area contributed by atoms with Gasteiger partial charge in [0.15, 0.2) is 5.96 Å². The van der Waals surface area contributed by atoms with Crippen LogP contribution < -0.4 is 44.2 Å². The van der Waals surface area contributed by atoms with E-state index in [0.29, 0.717) is 6.42 Å². The molecule has 1 heterocycles. The molecule has 240 valence electrons. The predicted octanol–water partition coefficient (Wildman–Crippen LogP) is -6.01. The average molecular weight is 615 g/mol. The van der Waals surface area contributed by atoms with Crippen LogP contribution in [-0.2, 0) is 38.4 Å². The highest BCUT2D eigenvalue weighted by atomic mass is 16.4. The second-order valence-corrected chi connectivity index (χ2v) is 9.47. The number of aliphatic imine (C=N–C) groups is 1. The van der Waals surface area contributed by atoms with Gasteiger partial charge in [0, 0.05) is 13.1 Å². The molecule has 1 fully saturated rings. The molecule has 0 aliphatic carbocycles. The molecule has 4 atom stereocenters. The molecule has 20 heteroatoms. The lowest BCUT2D eigenvalue weighted by atomic mass is 10.1. The van der Waals surface area contributed by atoms with Crippen molar-refractivity contribution in [1.82, 2.24) is 26.2 Å². The minimum absolute atomic E-state index is 0.0386. The van der Waals surface area contributed by atoms with E-state index >= 15 is 0 Å². The first-order chi connectivity index (χ1) is 20.2. The summed E-state index contributed by atoms with van der Waals surface area (Å²) in [6, 6.07) is -5.73. The second-order valence-electron chi connectivity index (χ2n) is 9.47. The van der Waals surface area contributed by atoms with Gasteiger partial charge in [-0.2, -0.15) is 0 Å². The molecule has 0 aromatic heterocycles. The fourth-order valence-corrected chi connectivity index (χ4v) is 4.11. The summed E-state index contributed by atoms with van der Waals surface area (Å²) in [5.41, 5.74) is 20.9. The van der Waals surface area contributed by atoms with E-state index < -0.39 is 97.5 Å². The molecule has 43 heavy (non-hydrogen) atoms. The van der Waals surface area contributed by atoms with E-state index in [9.17, 15) is 48.6 Å². The Morgan fingerprint density at radius 3 is 2.07 bits per heavy atom. The summed E-state index contributed by atoms with van der Waals surface area (Å²) < 4.78 is 0. The molecule has 1 aliphatic heterocycles. The van der Waals surface area contributed by atoms with Crippen LogP contribution in [0.2, 0.25) is 0 Å². The largest absolute Gasteiger partial charge is 0.481 e. The summed E-state index contributed by atoms with van der Waals surface area (Å²) in [7, 11) is 0. The summed E-state index contributed by atoms with van der Waals surface area (Å²) in [4.78, 5) is 102. The summed E-state index contributed by atoms with van der Waals surface area (Å²) >= 11 is 0. The van der Waals surface area contributed by atoms with E-state index in [1.807, 2.05) is 0 Å². The first kappa shape index (κ1) is 36.0. The fourth-order valence-electron chi connectivity index (χ4n) is 4.11. The van der Waals surface area contributed by atoms with Crippen LogP contribution in [0.3, 0.4) is 0 Å². The average Bonchev–Trinajstić information content (AvgIpc) is 3.42. The highest BCUT2D eigenvalue weighted by molar-refractivity contribution is 5.97. The van der Waals surface area contributed by atoms with Crippen molar-refractivity contribution in [3.8, 4) is 0 Å². The molecule has 0 bridgehead atoms. The van der Waals surface area contributed by atoms with Crippen molar-refractivity contribution < 1.29 is 48.6 Å². The van der Waals surface area contributed by atoms with Crippen molar-refractivity contribution in [2.24, 2.45) is 27.9 Å². The van der Waals surface area contributed by atoms with Crippen LogP contribution in [0.25, 0.3) is 0 Å². The van der Waals surface area contributed by atoms with Gasteiger partial charge in [0.05, 0.1) is 25.9 Å². The van der Waals surface area contributed by atoms with Gasteiger partial charge in [-0.15, -0.1) is 0 Å². The maximum absolute atomic E-state index is 13.0. The number of nitrogens with one attached hydrogen (secondary N) is 4. The van der Waals surface area contributed by atoms with Gasteiger partial charge in [0.1, 0.15) is 24.2 Å². The number of nitrogens with zero attached hydrogens (tertiary/aromatic N) is 2. The standard InChI is InChI=1S/C23H38N10O10/c24-9-16(35)30-11(3-1-5-28-23(26)27)19(39)29-10-17(36)31-12(8-18(37)38)20(40)32-13(7-15(25)34)21(41)33-6-2-4-14(33)22(42)43/h11-14H,1-10,24H2,(H2,25,34)(H,29,39)(H,30,35)(H,31,36)(H,32,40)(H,37,38)(H,42,43)(H4,26,27,28)/t11-,12?,13?,14?/m0/s1. The zero-order valence-electron chi connectivity index (χ0n) is 23.2. The second kappa shape index (κ2) is 17.7. The van der Waals surface area contributed by atoms with E-state index in [1.54, 1.807) is 0 Å². The zero-order valence-corrected chi connectivity index (χ0v) is 23.2. The number of primary amides is 1. The number of hydrogen-bond donors (Lipinski definition) is 10. The third kappa shape index (κ3) is 13.0. The van der Waals surface area contributed by atoms with Crippen LogP contribution >= 0.6 is 0 Å². The van der Waals surface area contributed by atoms with Crippen molar-refractivity contribution in [3.05, 3.63) is 0 Å². The fraction of sp³-hybridized carbons (Fsp3) is 0.609. The van der Waals surface area contributed by atoms with Crippen LogP contribution in [0.4, 0.5) is 0 Å². The maximum Gasteiger partial charge on any atom is 0.326 e. The quantitative estimate of drug-likeness (QED) is 0.0391. The van der Waals surface area contributed by atoms with E-state index in [-0.39, 0.29) is 38.3 Å². The normalized spacial score (nSPS) is 16.1. The minimum atomic E-state index is -1.77. The summed E-state index contributed by atoms with van der Waals surface area (Å²) in [6.07, 6.45) is -0.843. The Morgan fingerprint density at radius 2 is 1.51 bits per heavy atom. The number of carbonyl (C=O) groups excluding carboxylic acids is 6. The number of hydrogen-bond acceptors (Lipinski definition) is 10. The lowest BCUT2D eigenvalue weighted by Crippen LogP contribution is -2.57. The summed E-state index contributed by atoms with van der Waals surface area (Å²) in [5, 5.41) is 27.5. The minimum Gasteiger partial charge on any atom is -0.481 e. The highest BCUT2D eigenvalue weighted by Crippen LogP contribution is 2.19. The summed E-state index contributed by atoms with van der Waals surface area (Å²) in [5.74, 6) is -8.56. The number of carboxylic acids is 2. The van der Waals surface area contributed by atoms with Crippen molar-refractivity contribution in [1.29, 1.82) is 0 Å². The maximum atomic E-state index is 13.0. The Bertz CT molecular complexity index is 1110. The molecule has 1 aliphatic rings. The van der Waals surface area contributed by atoms with E-state index in [1.165, 1.54) is 0 Å². The number of amides is 6. The molecule has 1 saturated heterocycles. The molecule has 0 radical (unpaired) electrons. The van der Waals surface area contributed by atoms with E-state index in [2.05, 4.69) is 26.3 Å². The van der Waals surface area contributed by atoms with Crippen LogP contribution in [0.5, 0.6) is 0 Å². The highest BCUT2D eigenvalue weighted by Gasteiger charge is 2.39. The zero-order chi connectivity index (χ0) is 32.7. The van der Waals surface area contributed by atoms with Gasteiger partial charge in [0.25, 0.3) is 0 Å². The Balaban J connectivity index is 2.92. The van der Waals surface area contributed by atoms with Crippen molar-refractivity contribution in [3.63, 3.8) is 0 Å². The van der Waals surface area contributed by atoms with Gasteiger partial charge in [0.2, 0.25) is 35.4 Å². The molecular weight excluding hydrogens is 576 g/mol. The number of nitrogens with two attached hydrogens (primary N) is 4. The predicted molar refractivity (Wildman–Crippen MR) is 146 cm³/mol. The summed E-state index contributed by atoms with van der Waals surface area (Å²) in [6.45, 7) is -0.983. The van der Waals surface area contributed by atoms with Crippen molar-refractivity contribution in [2.75, 3.05) is 26.2 Å². The number of aliphatic carboxylic acids is 2. The van der Waals surface area contributed by atoms with Gasteiger partial charge in [-0.05, 0) is 25.7 Å². The van der Waals surface area contributed by atoms with E-state index in [0.717, 1.165) is 4.90 Å². The molecule has 0 spiro atoms. The van der Waals surface area contributed by atoms with Gasteiger partial charge in [-0.1, -0.05) is 0 Å². The Kier molecular flexibility index (Phi) is 14.8.